The molecule has 3 atom stereocenters. The van der Waals surface area contributed by atoms with Crippen LogP contribution in [0, 0.1) is 11.8 Å². The fourth-order valence-electron chi connectivity index (χ4n) is 3.38. The molecule has 0 aromatic heterocycles. The summed E-state index contributed by atoms with van der Waals surface area (Å²) in [5, 5.41) is 3.66. The molecule has 15 heavy (non-hydrogen) atoms. The van der Waals surface area contributed by atoms with Gasteiger partial charge >= 0.3 is 0 Å². The molecular formula is C12H22N2O. The first kappa shape index (κ1) is 10.1. The largest absolute Gasteiger partial charge is 0.381 e. The van der Waals surface area contributed by atoms with Gasteiger partial charge in [0.25, 0.3) is 0 Å². The van der Waals surface area contributed by atoms with E-state index in [-0.39, 0.29) is 0 Å². The molecule has 0 aliphatic carbocycles. The highest BCUT2D eigenvalue weighted by molar-refractivity contribution is 4.92. The average molecular weight is 210 g/mol. The molecule has 3 heteroatoms. The first-order valence-electron chi connectivity index (χ1n) is 6.45. The minimum absolute atomic E-state index is 0.793. The number of nitrogens with zero attached hydrogens (tertiary/aromatic N) is 1. The van der Waals surface area contributed by atoms with Gasteiger partial charge in [0.15, 0.2) is 0 Å². The van der Waals surface area contributed by atoms with Gasteiger partial charge in [-0.1, -0.05) is 0 Å². The summed E-state index contributed by atoms with van der Waals surface area (Å²) in [6.07, 6.45) is 4.09. The number of hydrogen-bond acceptors (Lipinski definition) is 3. The molecule has 0 radical (unpaired) electrons. The SMILES string of the molecule is C1CNC2CN(CC3CCOC3)CC2C1. The maximum atomic E-state index is 5.44. The molecule has 3 unspecified atom stereocenters. The van der Waals surface area contributed by atoms with Crippen molar-refractivity contribution >= 4 is 0 Å². The van der Waals surface area contributed by atoms with Gasteiger partial charge in [0.1, 0.15) is 0 Å². The standard InChI is InChI=1S/C12H22N2O/c1-2-11-7-14(8-12(11)13-4-1)6-10-3-5-15-9-10/h10-13H,1-9H2. The van der Waals surface area contributed by atoms with Crippen LogP contribution in [0.2, 0.25) is 0 Å². The van der Waals surface area contributed by atoms with Crippen molar-refractivity contribution in [3.8, 4) is 0 Å². The molecule has 3 aliphatic rings. The van der Waals surface area contributed by atoms with Gasteiger partial charge in [0, 0.05) is 32.3 Å². The summed E-state index contributed by atoms with van der Waals surface area (Å²) >= 11 is 0. The van der Waals surface area contributed by atoms with E-state index >= 15 is 0 Å². The zero-order chi connectivity index (χ0) is 10.1. The third-order valence-corrected chi connectivity index (χ3v) is 4.22. The van der Waals surface area contributed by atoms with Crippen LogP contribution in [-0.4, -0.2) is 50.3 Å². The maximum Gasteiger partial charge on any atom is 0.0507 e. The molecule has 0 aromatic carbocycles. The van der Waals surface area contributed by atoms with E-state index in [4.69, 9.17) is 4.74 Å². The minimum atomic E-state index is 0.793. The third-order valence-electron chi connectivity index (χ3n) is 4.22. The Morgan fingerprint density at radius 2 is 2.27 bits per heavy atom. The van der Waals surface area contributed by atoms with Crippen LogP contribution in [0.25, 0.3) is 0 Å². The Hall–Kier alpha value is -0.120. The third kappa shape index (κ3) is 2.19. The summed E-state index contributed by atoms with van der Waals surface area (Å²) in [5.74, 6) is 1.74. The highest BCUT2D eigenvalue weighted by atomic mass is 16.5. The molecule has 3 heterocycles. The molecule has 3 nitrogen and oxygen atoms in total. The lowest BCUT2D eigenvalue weighted by Crippen LogP contribution is -2.40. The molecule has 3 saturated heterocycles. The zero-order valence-electron chi connectivity index (χ0n) is 9.45. The van der Waals surface area contributed by atoms with E-state index in [1.54, 1.807) is 0 Å². The quantitative estimate of drug-likeness (QED) is 0.726. The first-order chi connectivity index (χ1) is 7.42. The number of hydrogen-bond donors (Lipinski definition) is 1. The van der Waals surface area contributed by atoms with Crippen LogP contribution in [0.3, 0.4) is 0 Å². The Bertz CT molecular complexity index is 202. The summed E-state index contributed by atoms with van der Waals surface area (Å²) < 4.78 is 5.44. The van der Waals surface area contributed by atoms with E-state index in [2.05, 4.69) is 10.2 Å². The van der Waals surface area contributed by atoms with E-state index in [0.29, 0.717) is 0 Å². The maximum absolute atomic E-state index is 5.44. The van der Waals surface area contributed by atoms with Gasteiger partial charge in [0.2, 0.25) is 0 Å². The van der Waals surface area contributed by atoms with Crippen LogP contribution in [0.15, 0.2) is 0 Å². The highest BCUT2D eigenvalue weighted by Gasteiger charge is 2.35. The lowest BCUT2D eigenvalue weighted by atomic mass is 9.94. The summed E-state index contributed by atoms with van der Waals surface area (Å²) in [6.45, 7) is 7.11. The normalized spacial score (nSPS) is 42.0. The highest BCUT2D eigenvalue weighted by Crippen LogP contribution is 2.26. The predicted octanol–water partition coefficient (Wildman–Crippen LogP) is 0.707. The van der Waals surface area contributed by atoms with Crippen LogP contribution < -0.4 is 5.32 Å². The van der Waals surface area contributed by atoms with E-state index in [1.807, 2.05) is 0 Å². The van der Waals surface area contributed by atoms with E-state index in [1.165, 1.54) is 45.4 Å². The molecule has 0 aromatic rings. The summed E-state index contributed by atoms with van der Waals surface area (Å²) in [6, 6.07) is 0.793. The number of piperidine rings is 1. The monoisotopic (exact) mass is 210 g/mol. The summed E-state index contributed by atoms with van der Waals surface area (Å²) in [4.78, 5) is 2.66. The van der Waals surface area contributed by atoms with Gasteiger partial charge in [-0.3, -0.25) is 0 Å². The van der Waals surface area contributed by atoms with Crippen LogP contribution in [0.1, 0.15) is 19.3 Å². The Morgan fingerprint density at radius 3 is 3.07 bits per heavy atom. The molecule has 0 bridgehead atoms. The second kappa shape index (κ2) is 4.40. The second-order valence-electron chi connectivity index (χ2n) is 5.41. The summed E-state index contributed by atoms with van der Waals surface area (Å²) in [5.41, 5.74) is 0. The Labute approximate surface area is 92.2 Å². The number of ether oxygens (including phenoxy) is 1. The van der Waals surface area contributed by atoms with Crippen molar-refractivity contribution in [1.82, 2.24) is 10.2 Å². The molecule has 3 aliphatic heterocycles. The van der Waals surface area contributed by atoms with Gasteiger partial charge in [-0.25, -0.2) is 0 Å². The molecule has 86 valence electrons. The van der Waals surface area contributed by atoms with Gasteiger partial charge in [0.05, 0.1) is 6.61 Å². The fraction of sp³-hybridized carbons (Fsp3) is 1.00. The molecule has 3 fully saturated rings. The van der Waals surface area contributed by atoms with Crippen molar-refractivity contribution in [3.05, 3.63) is 0 Å². The van der Waals surface area contributed by atoms with Crippen molar-refractivity contribution in [3.63, 3.8) is 0 Å². The van der Waals surface area contributed by atoms with Gasteiger partial charge in [-0.15, -0.1) is 0 Å². The minimum Gasteiger partial charge on any atom is -0.381 e. The van der Waals surface area contributed by atoms with E-state index in [9.17, 15) is 0 Å². The van der Waals surface area contributed by atoms with Crippen LogP contribution in [-0.2, 0) is 4.74 Å². The van der Waals surface area contributed by atoms with Crippen LogP contribution in [0.4, 0.5) is 0 Å². The van der Waals surface area contributed by atoms with Crippen molar-refractivity contribution < 1.29 is 4.74 Å². The molecular weight excluding hydrogens is 188 g/mol. The number of likely N-dealkylation sites (tertiary alicyclic amines) is 1. The Morgan fingerprint density at radius 1 is 1.27 bits per heavy atom. The van der Waals surface area contributed by atoms with Crippen molar-refractivity contribution in [1.29, 1.82) is 0 Å². The smallest absolute Gasteiger partial charge is 0.0507 e. The fourth-order valence-corrected chi connectivity index (χ4v) is 3.38. The van der Waals surface area contributed by atoms with Crippen molar-refractivity contribution in [2.45, 2.75) is 25.3 Å². The predicted molar refractivity (Wildman–Crippen MR) is 59.9 cm³/mol. The van der Waals surface area contributed by atoms with Crippen LogP contribution >= 0.6 is 0 Å². The average Bonchev–Trinajstić information content (AvgIpc) is 2.86. The number of fused-ring (bicyclic) bond motifs is 1. The molecule has 0 spiro atoms. The number of rotatable bonds is 2. The van der Waals surface area contributed by atoms with E-state index < -0.39 is 0 Å². The molecule has 3 rings (SSSR count). The second-order valence-corrected chi connectivity index (χ2v) is 5.41. The first-order valence-corrected chi connectivity index (χ1v) is 6.45. The molecule has 1 N–H and O–H groups in total. The van der Waals surface area contributed by atoms with Gasteiger partial charge < -0.3 is 15.0 Å². The topological polar surface area (TPSA) is 24.5 Å². The molecule has 0 saturated carbocycles. The Balaban J connectivity index is 1.51. The van der Waals surface area contributed by atoms with Gasteiger partial charge in [-0.05, 0) is 37.6 Å². The number of nitrogens with one attached hydrogen (secondary N) is 1. The Kier molecular flexibility index (Phi) is 2.95. The molecule has 0 amide bonds. The van der Waals surface area contributed by atoms with Crippen molar-refractivity contribution in [2.24, 2.45) is 11.8 Å². The lowest BCUT2D eigenvalue weighted by Gasteiger charge is -2.24. The van der Waals surface area contributed by atoms with E-state index in [0.717, 1.165) is 31.1 Å². The zero-order valence-corrected chi connectivity index (χ0v) is 9.45. The van der Waals surface area contributed by atoms with Gasteiger partial charge in [-0.2, -0.15) is 0 Å². The lowest BCUT2D eigenvalue weighted by molar-refractivity contribution is 0.172. The summed E-state index contributed by atoms with van der Waals surface area (Å²) in [7, 11) is 0. The van der Waals surface area contributed by atoms with Crippen molar-refractivity contribution in [2.75, 3.05) is 39.4 Å². The van der Waals surface area contributed by atoms with Crippen LogP contribution in [0.5, 0.6) is 0 Å².